The average molecular weight is 372 g/mol. The van der Waals surface area contributed by atoms with E-state index in [1.54, 1.807) is 24.1 Å². The number of nitrogens with zero attached hydrogens (tertiary/aromatic N) is 4. The summed E-state index contributed by atoms with van der Waals surface area (Å²) in [5.74, 6) is -1.94. The van der Waals surface area contributed by atoms with Crippen LogP contribution in [-0.2, 0) is 24.8 Å². The number of fused-ring (bicyclic) bond motifs is 1. The first-order valence-electron chi connectivity index (χ1n) is 8.52. The van der Waals surface area contributed by atoms with Crippen molar-refractivity contribution in [1.82, 2.24) is 24.9 Å². The number of nitrogens with one attached hydrogen (secondary N) is 2. The summed E-state index contributed by atoms with van der Waals surface area (Å²) in [6.07, 6.45) is 4.01. The minimum Gasteiger partial charge on any atom is -0.322 e. The summed E-state index contributed by atoms with van der Waals surface area (Å²) in [4.78, 5) is 14.3. The topological polar surface area (TPSA) is 78.8 Å². The third kappa shape index (κ3) is 3.59. The number of H-pyrrole nitrogens is 1. The second-order valence-corrected chi connectivity index (χ2v) is 6.57. The van der Waals surface area contributed by atoms with Crippen LogP contribution in [0.2, 0.25) is 0 Å². The van der Waals surface area contributed by atoms with E-state index < -0.39 is 11.6 Å². The van der Waals surface area contributed by atoms with Crippen molar-refractivity contribution >= 4 is 11.6 Å². The number of aryl methyl sites for hydroxylation is 1. The van der Waals surface area contributed by atoms with Crippen LogP contribution in [0.3, 0.4) is 0 Å². The van der Waals surface area contributed by atoms with Crippen LogP contribution in [0.15, 0.2) is 30.6 Å². The molecule has 0 saturated carbocycles. The third-order valence-corrected chi connectivity index (χ3v) is 4.56. The first kappa shape index (κ1) is 17.3. The van der Waals surface area contributed by atoms with Gasteiger partial charge < -0.3 is 5.32 Å². The lowest BCUT2D eigenvalue weighted by molar-refractivity contribution is -0.117. The number of hydrogen-bond acceptors (Lipinski definition) is 4. The van der Waals surface area contributed by atoms with E-state index >= 15 is 0 Å². The molecule has 1 aliphatic heterocycles. The Balaban J connectivity index is 1.48. The van der Waals surface area contributed by atoms with Crippen LogP contribution >= 0.6 is 0 Å². The lowest BCUT2D eigenvalue weighted by atomic mass is 10.0. The van der Waals surface area contributed by atoms with Gasteiger partial charge in [-0.25, -0.2) is 8.78 Å². The van der Waals surface area contributed by atoms with Crippen LogP contribution in [0.4, 0.5) is 14.5 Å². The second kappa shape index (κ2) is 6.92. The van der Waals surface area contributed by atoms with E-state index in [0.29, 0.717) is 36.5 Å². The molecule has 0 atom stereocenters. The van der Waals surface area contributed by atoms with E-state index in [2.05, 4.69) is 20.6 Å². The molecule has 7 nitrogen and oxygen atoms in total. The monoisotopic (exact) mass is 372 g/mol. The number of halogens is 2. The highest BCUT2D eigenvalue weighted by atomic mass is 19.2. The molecule has 140 valence electrons. The predicted molar refractivity (Wildman–Crippen MR) is 94.8 cm³/mol. The number of anilines is 1. The standard InChI is InChI=1S/C18H18F2N6O/c1-25-8-12(7-21-25)22-17(27)10-26-5-4-16-13(9-26)18(24-23-16)11-2-3-14(19)15(20)6-11/h2-3,6-8H,4-5,9-10H2,1H3,(H,22,27)(H,23,24). The molecule has 4 rings (SSSR count). The molecule has 0 bridgehead atoms. The summed E-state index contributed by atoms with van der Waals surface area (Å²) in [5, 5.41) is 14.1. The maximum absolute atomic E-state index is 13.6. The lowest BCUT2D eigenvalue weighted by Gasteiger charge is -2.26. The Morgan fingerprint density at radius 3 is 2.93 bits per heavy atom. The van der Waals surface area contributed by atoms with E-state index in [0.717, 1.165) is 23.4 Å². The van der Waals surface area contributed by atoms with Crippen LogP contribution in [0.25, 0.3) is 11.3 Å². The van der Waals surface area contributed by atoms with Crippen LogP contribution in [0.5, 0.6) is 0 Å². The summed E-state index contributed by atoms with van der Waals surface area (Å²) < 4.78 is 28.4. The van der Waals surface area contributed by atoms with Gasteiger partial charge in [0, 0.05) is 49.6 Å². The molecule has 0 aliphatic carbocycles. The number of rotatable bonds is 4. The molecule has 3 heterocycles. The highest BCUT2D eigenvalue weighted by molar-refractivity contribution is 5.92. The van der Waals surface area contributed by atoms with Crippen molar-refractivity contribution in [3.63, 3.8) is 0 Å². The van der Waals surface area contributed by atoms with Gasteiger partial charge in [0.15, 0.2) is 11.6 Å². The fraction of sp³-hybridized carbons (Fsp3) is 0.278. The Kier molecular flexibility index (Phi) is 4.44. The molecule has 0 saturated heterocycles. The van der Waals surface area contributed by atoms with E-state index in [-0.39, 0.29) is 12.5 Å². The molecule has 1 aliphatic rings. The number of amides is 1. The molecular formula is C18H18F2N6O. The van der Waals surface area contributed by atoms with Gasteiger partial charge >= 0.3 is 0 Å². The van der Waals surface area contributed by atoms with Crippen molar-refractivity contribution in [1.29, 1.82) is 0 Å². The number of carbonyl (C=O) groups excluding carboxylic acids is 1. The van der Waals surface area contributed by atoms with Crippen molar-refractivity contribution in [3.05, 3.63) is 53.5 Å². The SMILES string of the molecule is Cn1cc(NC(=O)CN2CCc3[nH]nc(-c4ccc(F)c(F)c4)c3C2)cn1. The Morgan fingerprint density at radius 1 is 1.33 bits per heavy atom. The smallest absolute Gasteiger partial charge is 0.238 e. The molecule has 2 aromatic heterocycles. The van der Waals surface area contributed by atoms with E-state index in [1.165, 1.54) is 6.07 Å². The number of hydrogen-bond donors (Lipinski definition) is 2. The zero-order chi connectivity index (χ0) is 19.0. The van der Waals surface area contributed by atoms with Gasteiger partial charge in [0.2, 0.25) is 5.91 Å². The van der Waals surface area contributed by atoms with Crippen molar-refractivity contribution in [2.75, 3.05) is 18.4 Å². The van der Waals surface area contributed by atoms with Gasteiger partial charge in [-0.1, -0.05) is 0 Å². The molecule has 0 spiro atoms. The molecular weight excluding hydrogens is 354 g/mol. The zero-order valence-electron chi connectivity index (χ0n) is 14.7. The summed E-state index contributed by atoms with van der Waals surface area (Å²) >= 11 is 0. The maximum atomic E-state index is 13.6. The van der Waals surface area contributed by atoms with Gasteiger partial charge in [0.1, 0.15) is 0 Å². The Bertz CT molecular complexity index is 996. The molecule has 3 aromatic rings. The van der Waals surface area contributed by atoms with Crippen LogP contribution in [-0.4, -0.2) is 43.9 Å². The first-order valence-corrected chi connectivity index (χ1v) is 8.52. The van der Waals surface area contributed by atoms with Crippen molar-refractivity contribution < 1.29 is 13.6 Å². The fourth-order valence-corrected chi connectivity index (χ4v) is 3.26. The molecule has 1 amide bonds. The molecule has 27 heavy (non-hydrogen) atoms. The Labute approximate surface area is 154 Å². The molecule has 0 radical (unpaired) electrons. The quantitative estimate of drug-likeness (QED) is 0.735. The Morgan fingerprint density at radius 2 is 2.19 bits per heavy atom. The number of benzene rings is 1. The largest absolute Gasteiger partial charge is 0.322 e. The highest BCUT2D eigenvalue weighted by Crippen LogP contribution is 2.29. The fourth-order valence-electron chi connectivity index (χ4n) is 3.26. The summed E-state index contributed by atoms with van der Waals surface area (Å²) in [6.45, 7) is 1.42. The Hall–Kier alpha value is -3.07. The summed E-state index contributed by atoms with van der Waals surface area (Å²) in [7, 11) is 1.78. The van der Waals surface area contributed by atoms with E-state index in [1.807, 2.05) is 4.90 Å². The minimum absolute atomic E-state index is 0.135. The first-order chi connectivity index (χ1) is 13.0. The van der Waals surface area contributed by atoms with Gasteiger partial charge in [-0.3, -0.25) is 19.5 Å². The predicted octanol–water partition coefficient (Wildman–Crippen LogP) is 2.09. The number of aromatic amines is 1. The lowest BCUT2D eigenvalue weighted by Crippen LogP contribution is -2.37. The van der Waals surface area contributed by atoms with Gasteiger partial charge in [0.05, 0.1) is 24.1 Å². The van der Waals surface area contributed by atoms with Crippen molar-refractivity contribution in [3.8, 4) is 11.3 Å². The van der Waals surface area contributed by atoms with Crippen LogP contribution in [0.1, 0.15) is 11.3 Å². The van der Waals surface area contributed by atoms with Gasteiger partial charge in [-0.05, 0) is 18.2 Å². The van der Waals surface area contributed by atoms with E-state index in [9.17, 15) is 13.6 Å². The molecule has 0 fully saturated rings. The van der Waals surface area contributed by atoms with Crippen molar-refractivity contribution in [2.24, 2.45) is 7.05 Å². The van der Waals surface area contributed by atoms with Gasteiger partial charge in [-0.2, -0.15) is 10.2 Å². The van der Waals surface area contributed by atoms with E-state index in [4.69, 9.17) is 0 Å². The average Bonchev–Trinajstić information content (AvgIpc) is 3.23. The van der Waals surface area contributed by atoms with Gasteiger partial charge in [-0.15, -0.1) is 0 Å². The minimum atomic E-state index is -0.909. The second-order valence-electron chi connectivity index (χ2n) is 6.57. The summed E-state index contributed by atoms with van der Waals surface area (Å²) in [6, 6.07) is 3.73. The zero-order valence-corrected chi connectivity index (χ0v) is 14.7. The van der Waals surface area contributed by atoms with Gasteiger partial charge in [0.25, 0.3) is 0 Å². The number of carbonyl (C=O) groups is 1. The molecule has 1 aromatic carbocycles. The van der Waals surface area contributed by atoms with Crippen molar-refractivity contribution in [2.45, 2.75) is 13.0 Å². The van der Waals surface area contributed by atoms with Crippen LogP contribution in [0, 0.1) is 11.6 Å². The number of aromatic nitrogens is 4. The third-order valence-electron chi connectivity index (χ3n) is 4.56. The molecule has 0 unspecified atom stereocenters. The maximum Gasteiger partial charge on any atom is 0.238 e. The van der Waals surface area contributed by atoms with Crippen LogP contribution < -0.4 is 5.32 Å². The summed E-state index contributed by atoms with van der Waals surface area (Å²) in [5.41, 5.74) is 3.60. The normalized spacial score (nSPS) is 14.2. The highest BCUT2D eigenvalue weighted by Gasteiger charge is 2.24. The molecule has 2 N–H and O–H groups in total. The molecule has 9 heteroatoms.